The molecule has 0 aliphatic carbocycles. The minimum absolute atomic E-state index is 0. The Balaban J connectivity index is 0.00000608. The molecular weight excluding hydrogens is 1000 g/mol. The maximum Gasteiger partial charge on any atom is 0.335 e. The Kier molecular flexibility index (Phi) is 12.4. The number of hydrogen-bond acceptors (Lipinski definition) is 5. The average molecular weight is 1060 g/mol. The number of aliphatic imine (C=N–C) groups is 1. The first kappa shape index (κ1) is 47.5. The van der Waals surface area contributed by atoms with Crippen molar-refractivity contribution in [3.8, 4) is 56.3 Å². The Morgan fingerprint density at radius 1 is 0.597 bits per heavy atom. The van der Waals surface area contributed by atoms with Gasteiger partial charge in [0.2, 0.25) is 0 Å². The van der Waals surface area contributed by atoms with Gasteiger partial charge in [0.1, 0.15) is 17.4 Å². The number of rotatable bonds is 6. The number of imidazole rings is 1. The summed E-state index contributed by atoms with van der Waals surface area (Å²) in [6, 6.07) is 44.8. The first-order chi connectivity index (χ1) is 31.2. The summed E-state index contributed by atoms with van der Waals surface area (Å²) in [5.41, 5.74) is 12.9. The Hall–Kier alpha value is -6.04. The van der Waals surface area contributed by atoms with Crippen LogP contribution in [0.1, 0.15) is 105 Å². The third kappa shape index (κ3) is 9.20. The number of phenolic OH excluding ortho intramolecular Hbond substituents is 1. The van der Waals surface area contributed by atoms with Crippen LogP contribution in [0.4, 0.5) is 5.82 Å². The molecule has 0 saturated carbocycles. The molecule has 2 aliphatic rings. The monoisotopic (exact) mass is 1060 g/mol. The second-order valence-corrected chi connectivity index (χ2v) is 22.0. The molecule has 67 heavy (non-hydrogen) atoms. The number of phenols is 1. The minimum Gasteiger partial charge on any atom is -0.507 e. The fourth-order valence-electron chi connectivity index (χ4n) is 8.98. The minimum atomic E-state index is -0.434. The van der Waals surface area contributed by atoms with Gasteiger partial charge in [0.15, 0.2) is 5.82 Å². The summed E-state index contributed by atoms with van der Waals surface area (Å²) < 4.78 is 2.21. The Bertz CT molecular complexity index is 3080. The zero-order chi connectivity index (χ0) is 46.9. The van der Waals surface area contributed by atoms with Gasteiger partial charge in [-0.3, -0.25) is 4.57 Å². The van der Waals surface area contributed by atoms with Crippen molar-refractivity contribution in [3.05, 3.63) is 174 Å². The smallest absolute Gasteiger partial charge is 0.335 e. The van der Waals surface area contributed by atoms with Crippen LogP contribution in [0.5, 0.6) is 5.75 Å². The standard InChI is InChI=1S/C59H61BN5O.Pt/c1-56(2,3)42-26-27-50(46(35-42)39-23-17-14-18-24-39)65-54(47-36-44(58(7,8)9)37-48(52(47)66)59(10,11)12)63-53-55(65)62-51-25-19-20-30-64(51)60(53)45-32-41(31-43(34-45)57(4,5)6)49-33-40(28-29-61-49)38-21-15-13-16-22-38;/h13-31,33-37,66H,1-12H3;/q-1;. The van der Waals surface area contributed by atoms with Crippen molar-refractivity contribution in [1.82, 2.24) is 19.3 Å². The summed E-state index contributed by atoms with van der Waals surface area (Å²) >= 11 is 0. The molecular formula is C59H61BN5OPt-. The molecule has 0 bridgehead atoms. The fourth-order valence-corrected chi connectivity index (χ4v) is 8.98. The van der Waals surface area contributed by atoms with Gasteiger partial charge in [-0.1, -0.05) is 168 Å². The number of allylic oxidation sites excluding steroid dienone is 2. The summed E-state index contributed by atoms with van der Waals surface area (Å²) in [5, 5.41) is 12.7. The maximum atomic E-state index is 12.7. The van der Waals surface area contributed by atoms with E-state index in [0.29, 0.717) is 17.2 Å². The number of hydrogen-bond donors (Lipinski definition) is 1. The molecule has 9 rings (SSSR count). The van der Waals surface area contributed by atoms with Gasteiger partial charge in [0.05, 0.1) is 16.8 Å². The van der Waals surface area contributed by atoms with E-state index in [1.807, 2.05) is 18.3 Å². The van der Waals surface area contributed by atoms with E-state index < -0.39 is 6.85 Å². The summed E-state index contributed by atoms with van der Waals surface area (Å²) in [6.45, 7) is 26.2. The SMILES string of the molecule is CC(C)(C)c1cc(B2c3nc(-c4cc(C(C)(C)C)cc(C(C)(C)C)c4O)n(-c4ccc(C(C)(C)C)cc4-c4ccccc4)c3N=C3C=CC=CN23)[c-]c(-c2cc(-c3ccccc3)ccn2)c1.[Pt]. The van der Waals surface area contributed by atoms with E-state index in [1.54, 1.807) is 0 Å². The predicted octanol–water partition coefficient (Wildman–Crippen LogP) is 13.2. The number of pyridine rings is 1. The molecule has 4 heterocycles. The summed E-state index contributed by atoms with van der Waals surface area (Å²) in [4.78, 5) is 18.5. The van der Waals surface area contributed by atoms with Crippen LogP contribution in [0.2, 0.25) is 0 Å². The molecule has 342 valence electrons. The van der Waals surface area contributed by atoms with Crippen molar-refractivity contribution < 1.29 is 26.2 Å². The van der Waals surface area contributed by atoms with Gasteiger partial charge in [-0.2, -0.15) is 0 Å². The molecule has 0 fully saturated rings. The second kappa shape index (κ2) is 17.6. The molecule has 2 aliphatic heterocycles. The molecule has 0 amide bonds. The number of aromatic hydroxyl groups is 1. The number of aromatic nitrogens is 3. The van der Waals surface area contributed by atoms with E-state index in [9.17, 15) is 5.11 Å². The third-order valence-electron chi connectivity index (χ3n) is 12.9. The molecule has 8 heteroatoms. The first-order valence-corrected chi connectivity index (χ1v) is 23.2. The molecule has 6 nitrogen and oxygen atoms in total. The molecule has 0 unspecified atom stereocenters. The molecule has 0 saturated heterocycles. The van der Waals surface area contributed by atoms with Crippen molar-refractivity contribution in [3.63, 3.8) is 0 Å². The summed E-state index contributed by atoms with van der Waals surface area (Å²) in [7, 11) is 0. The van der Waals surface area contributed by atoms with E-state index in [-0.39, 0.29) is 48.5 Å². The van der Waals surface area contributed by atoms with E-state index >= 15 is 0 Å². The topological polar surface area (TPSA) is 66.5 Å². The van der Waals surface area contributed by atoms with Gasteiger partial charge in [-0.05, 0) is 97.8 Å². The molecule has 0 radical (unpaired) electrons. The van der Waals surface area contributed by atoms with Crippen LogP contribution < -0.4 is 11.1 Å². The van der Waals surface area contributed by atoms with Gasteiger partial charge < -0.3 is 14.9 Å². The van der Waals surface area contributed by atoms with Gasteiger partial charge in [0.25, 0.3) is 0 Å². The Morgan fingerprint density at radius 2 is 1.22 bits per heavy atom. The van der Waals surface area contributed by atoms with Crippen LogP contribution in [0.25, 0.3) is 50.6 Å². The van der Waals surface area contributed by atoms with Crippen LogP contribution in [0, 0.1) is 6.07 Å². The predicted molar refractivity (Wildman–Crippen MR) is 277 cm³/mol. The molecule has 2 aromatic heterocycles. The zero-order valence-corrected chi connectivity index (χ0v) is 43.2. The van der Waals surface area contributed by atoms with Crippen LogP contribution in [0.15, 0.2) is 151 Å². The molecule has 7 aromatic rings. The van der Waals surface area contributed by atoms with Crippen LogP contribution >= 0.6 is 0 Å². The number of amidine groups is 1. The normalized spacial score (nSPS) is 13.8. The van der Waals surface area contributed by atoms with E-state index in [0.717, 1.165) is 72.8 Å². The third-order valence-corrected chi connectivity index (χ3v) is 12.9. The van der Waals surface area contributed by atoms with Gasteiger partial charge >= 0.3 is 6.85 Å². The largest absolute Gasteiger partial charge is 0.507 e. The maximum absolute atomic E-state index is 12.7. The fraction of sp³-hybridized carbons (Fsp3) is 0.271. The van der Waals surface area contributed by atoms with Crippen molar-refractivity contribution in [2.75, 3.05) is 0 Å². The Morgan fingerprint density at radius 3 is 1.87 bits per heavy atom. The molecule has 0 spiro atoms. The average Bonchev–Trinajstić information content (AvgIpc) is 3.65. The van der Waals surface area contributed by atoms with Crippen LogP contribution in [-0.4, -0.2) is 37.1 Å². The van der Waals surface area contributed by atoms with E-state index in [2.05, 4.69) is 226 Å². The Labute approximate surface area is 413 Å². The number of fused-ring (bicyclic) bond motifs is 2. The van der Waals surface area contributed by atoms with Crippen molar-refractivity contribution in [2.45, 2.75) is 105 Å². The number of benzene rings is 5. The number of nitrogens with zero attached hydrogens (tertiary/aromatic N) is 5. The van der Waals surface area contributed by atoms with Gasteiger partial charge in [-0.15, -0.1) is 34.8 Å². The zero-order valence-electron chi connectivity index (χ0n) is 40.9. The molecule has 1 N–H and O–H groups in total. The van der Waals surface area contributed by atoms with Crippen molar-refractivity contribution >= 4 is 29.6 Å². The van der Waals surface area contributed by atoms with Gasteiger partial charge in [0, 0.05) is 38.4 Å². The summed E-state index contributed by atoms with van der Waals surface area (Å²) in [5.74, 6) is 2.35. The van der Waals surface area contributed by atoms with Gasteiger partial charge in [-0.25, -0.2) is 9.98 Å². The quantitative estimate of drug-likeness (QED) is 0.133. The first-order valence-electron chi connectivity index (χ1n) is 23.2. The van der Waals surface area contributed by atoms with Crippen molar-refractivity contribution in [1.29, 1.82) is 0 Å². The van der Waals surface area contributed by atoms with Crippen LogP contribution in [0.3, 0.4) is 0 Å². The van der Waals surface area contributed by atoms with Crippen LogP contribution in [-0.2, 0) is 42.7 Å². The molecule has 5 aromatic carbocycles. The van der Waals surface area contributed by atoms with E-state index in [4.69, 9.17) is 15.0 Å². The van der Waals surface area contributed by atoms with Crippen molar-refractivity contribution in [2.24, 2.45) is 4.99 Å². The summed E-state index contributed by atoms with van der Waals surface area (Å²) in [6.07, 6.45) is 10.2. The second-order valence-electron chi connectivity index (χ2n) is 22.0. The molecule has 0 atom stereocenters. The van der Waals surface area contributed by atoms with E-state index in [1.165, 1.54) is 5.56 Å².